The van der Waals surface area contributed by atoms with Crippen LogP contribution in [0, 0.1) is 0 Å². The molecule has 2 aromatic rings. The molecule has 0 heterocycles. The Kier molecular flexibility index (Phi) is 6.43. The largest absolute Gasteiger partial charge is 0.351 e. The van der Waals surface area contributed by atoms with Crippen LogP contribution in [0.5, 0.6) is 0 Å². The average molecular weight is 340 g/mol. The molecule has 1 amide bonds. The molecule has 1 N–H and O–H groups in total. The van der Waals surface area contributed by atoms with E-state index >= 15 is 0 Å². The molecule has 2 nitrogen and oxygen atoms in total. The third-order valence-electron chi connectivity index (χ3n) is 2.82. The van der Waals surface area contributed by atoms with Gasteiger partial charge in [0.2, 0.25) is 5.91 Å². The van der Waals surface area contributed by atoms with E-state index in [0.29, 0.717) is 17.3 Å². The monoisotopic (exact) mass is 339 g/mol. The van der Waals surface area contributed by atoms with Crippen molar-refractivity contribution in [2.45, 2.75) is 12.3 Å². The molecule has 0 spiro atoms. The van der Waals surface area contributed by atoms with Gasteiger partial charge < -0.3 is 5.32 Å². The molecule has 0 unspecified atom stereocenters. The van der Waals surface area contributed by atoms with Gasteiger partial charge in [-0.05, 0) is 35.4 Å². The van der Waals surface area contributed by atoms with Crippen molar-refractivity contribution in [2.75, 3.05) is 5.75 Å². The van der Waals surface area contributed by atoms with Gasteiger partial charge >= 0.3 is 0 Å². The number of hydrogen-bond acceptors (Lipinski definition) is 2. The molecular formula is C16H15Cl2NOS. The van der Waals surface area contributed by atoms with Gasteiger partial charge in [-0.15, -0.1) is 11.8 Å². The quantitative estimate of drug-likeness (QED) is 0.836. The first-order chi connectivity index (χ1) is 10.1. The van der Waals surface area contributed by atoms with Gasteiger partial charge in [0.05, 0.1) is 5.75 Å². The Labute approximate surface area is 138 Å². The topological polar surface area (TPSA) is 29.1 Å². The van der Waals surface area contributed by atoms with E-state index in [1.165, 1.54) is 0 Å². The van der Waals surface area contributed by atoms with Crippen LogP contribution in [-0.4, -0.2) is 11.7 Å². The fourth-order valence-electron chi connectivity index (χ4n) is 1.70. The first-order valence-electron chi connectivity index (χ1n) is 6.47. The van der Waals surface area contributed by atoms with E-state index in [4.69, 9.17) is 23.2 Å². The highest BCUT2D eigenvalue weighted by molar-refractivity contribution is 7.99. The third-order valence-corrected chi connectivity index (χ3v) is 4.33. The normalized spacial score (nSPS) is 10.4. The van der Waals surface area contributed by atoms with Crippen LogP contribution in [0.4, 0.5) is 0 Å². The minimum Gasteiger partial charge on any atom is -0.351 e. The number of halogens is 2. The molecule has 5 heteroatoms. The molecule has 0 aliphatic carbocycles. The Balaban J connectivity index is 1.67. The molecular weight excluding hydrogens is 325 g/mol. The molecule has 0 saturated carbocycles. The zero-order chi connectivity index (χ0) is 15.1. The minimum atomic E-state index is 0.0314. The maximum atomic E-state index is 11.7. The average Bonchev–Trinajstić information content (AvgIpc) is 2.49. The van der Waals surface area contributed by atoms with E-state index in [2.05, 4.69) is 5.32 Å². The highest BCUT2D eigenvalue weighted by atomic mass is 35.5. The SMILES string of the molecule is O=C(CSCc1ccc(Cl)cc1)NCc1ccc(Cl)cc1. The maximum Gasteiger partial charge on any atom is 0.230 e. The fraction of sp³-hybridized carbons (Fsp3) is 0.188. The van der Waals surface area contributed by atoms with Crippen LogP contribution in [0.2, 0.25) is 10.0 Å². The Bertz CT molecular complexity index is 584. The number of carbonyl (C=O) groups excluding carboxylic acids is 1. The highest BCUT2D eigenvalue weighted by Gasteiger charge is 2.02. The van der Waals surface area contributed by atoms with Gasteiger partial charge in [-0.2, -0.15) is 0 Å². The van der Waals surface area contributed by atoms with E-state index in [0.717, 1.165) is 21.9 Å². The van der Waals surface area contributed by atoms with Crippen molar-refractivity contribution in [3.63, 3.8) is 0 Å². The second-order valence-electron chi connectivity index (χ2n) is 4.52. The van der Waals surface area contributed by atoms with Crippen LogP contribution in [0.15, 0.2) is 48.5 Å². The molecule has 2 aromatic carbocycles. The summed E-state index contributed by atoms with van der Waals surface area (Å²) in [7, 11) is 0. The van der Waals surface area contributed by atoms with Gasteiger partial charge in [0.1, 0.15) is 0 Å². The van der Waals surface area contributed by atoms with Gasteiger partial charge in [0.25, 0.3) is 0 Å². The summed E-state index contributed by atoms with van der Waals surface area (Å²) < 4.78 is 0. The number of hydrogen-bond donors (Lipinski definition) is 1. The van der Waals surface area contributed by atoms with E-state index in [-0.39, 0.29) is 5.91 Å². The molecule has 21 heavy (non-hydrogen) atoms. The van der Waals surface area contributed by atoms with Gasteiger partial charge in [0.15, 0.2) is 0 Å². The first-order valence-corrected chi connectivity index (χ1v) is 8.38. The lowest BCUT2D eigenvalue weighted by molar-refractivity contribution is -0.118. The van der Waals surface area contributed by atoms with E-state index in [9.17, 15) is 4.79 Å². The summed E-state index contributed by atoms with van der Waals surface area (Å²) in [5, 5.41) is 4.31. The van der Waals surface area contributed by atoms with Gasteiger partial charge in [-0.3, -0.25) is 4.79 Å². The predicted octanol–water partition coefficient (Wildman–Crippen LogP) is 4.54. The summed E-state index contributed by atoms with van der Waals surface area (Å²) in [6, 6.07) is 15.1. The van der Waals surface area contributed by atoms with Crippen LogP contribution in [0.1, 0.15) is 11.1 Å². The predicted molar refractivity (Wildman–Crippen MR) is 90.9 cm³/mol. The molecule has 0 atom stereocenters. The van der Waals surface area contributed by atoms with Crippen molar-refractivity contribution < 1.29 is 4.79 Å². The number of rotatable bonds is 6. The molecule has 0 aliphatic heterocycles. The molecule has 0 radical (unpaired) electrons. The smallest absolute Gasteiger partial charge is 0.230 e. The summed E-state index contributed by atoms with van der Waals surface area (Å²) in [4.78, 5) is 11.7. The fourth-order valence-corrected chi connectivity index (χ4v) is 2.77. The number of thioether (sulfide) groups is 1. The number of benzene rings is 2. The van der Waals surface area contributed by atoms with Gasteiger partial charge in [-0.1, -0.05) is 47.5 Å². The summed E-state index contributed by atoms with van der Waals surface area (Å²) >= 11 is 13.2. The van der Waals surface area contributed by atoms with Gasteiger partial charge in [0, 0.05) is 22.3 Å². The lowest BCUT2D eigenvalue weighted by atomic mass is 10.2. The van der Waals surface area contributed by atoms with E-state index < -0.39 is 0 Å². The molecule has 0 bridgehead atoms. The lowest BCUT2D eigenvalue weighted by Crippen LogP contribution is -2.24. The summed E-state index contributed by atoms with van der Waals surface area (Å²) in [6.07, 6.45) is 0. The molecule has 0 fully saturated rings. The second kappa shape index (κ2) is 8.32. The van der Waals surface area contributed by atoms with Crippen molar-refractivity contribution in [3.05, 3.63) is 69.7 Å². The Hall–Kier alpha value is -1.16. The standard InChI is InChI=1S/C16H15Cl2NOS/c17-14-5-1-12(2-6-14)9-19-16(20)11-21-10-13-3-7-15(18)8-4-13/h1-8H,9-11H2,(H,19,20). The van der Waals surface area contributed by atoms with Crippen LogP contribution < -0.4 is 5.32 Å². The molecule has 0 saturated heterocycles. The Morgan fingerprint density at radius 2 is 1.43 bits per heavy atom. The lowest BCUT2D eigenvalue weighted by Gasteiger charge is -2.06. The molecule has 110 valence electrons. The van der Waals surface area contributed by atoms with Crippen LogP contribution >= 0.6 is 35.0 Å². The summed E-state index contributed by atoms with van der Waals surface area (Å²) in [5.74, 6) is 1.27. The molecule has 0 aliphatic rings. The van der Waals surface area contributed by atoms with Crippen molar-refractivity contribution in [1.82, 2.24) is 5.32 Å². The summed E-state index contributed by atoms with van der Waals surface area (Å²) in [6.45, 7) is 0.525. The van der Waals surface area contributed by atoms with E-state index in [1.807, 2.05) is 48.5 Å². The Morgan fingerprint density at radius 3 is 2.00 bits per heavy atom. The van der Waals surface area contributed by atoms with Crippen molar-refractivity contribution in [3.8, 4) is 0 Å². The Morgan fingerprint density at radius 1 is 0.905 bits per heavy atom. The number of nitrogens with one attached hydrogen (secondary N) is 1. The van der Waals surface area contributed by atoms with E-state index in [1.54, 1.807) is 11.8 Å². The van der Waals surface area contributed by atoms with Crippen LogP contribution in [-0.2, 0) is 17.1 Å². The zero-order valence-corrected chi connectivity index (χ0v) is 13.6. The molecule has 2 rings (SSSR count). The third kappa shape index (κ3) is 6.00. The zero-order valence-electron chi connectivity index (χ0n) is 11.3. The maximum absolute atomic E-state index is 11.7. The second-order valence-corrected chi connectivity index (χ2v) is 6.38. The highest BCUT2D eigenvalue weighted by Crippen LogP contribution is 2.15. The van der Waals surface area contributed by atoms with Crippen LogP contribution in [0.25, 0.3) is 0 Å². The van der Waals surface area contributed by atoms with Crippen LogP contribution in [0.3, 0.4) is 0 Å². The first kappa shape index (κ1) is 16.2. The van der Waals surface area contributed by atoms with Crippen molar-refractivity contribution in [1.29, 1.82) is 0 Å². The molecule has 0 aromatic heterocycles. The van der Waals surface area contributed by atoms with Crippen molar-refractivity contribution >= 4 is 40.9 Å². The van der Waals surface area contributed by atoms with Crippen molar-refractivity contribution in [2.24, 2.45) is 0 Å². The number of carbonyl (C=O) groups is 1. The minimum absolute atomic E-state index is 0.0314. The number of amides is 1. The summed E-state index contributed by atoms with van der Waals surface area (Å²) in [5.41, 5.74) is 2.20. The van der Waals surface area contributed by atoms with Gasteiger partial charge in [-0.25, -0.2) is 0 Å².